The number of nitro groups is 1. The molecule has 0 atom stereocenters. The zero-order valence-corrected chi connectivity index (χ0v) is 11.9. The third-order valence-electron chi connectivity index (χ3n) is 2.97. The van der Waals surface area contributed by atoms with Gasteiger partial charge in [0, 0.05) is 29.7 Å². The van der Waals surface area contributed by atoms with E-state index >= 15 is 0 Å². The monoisotopic (exact) mass is 290 g/mol. The Hall–Kier alpha value is -1.91. The Kier molecular flexibility index (Phi) is 4.71. The van der Waals surface area contributed by atoms with Crippen LogP contribution in [0.15, 0.2) is 42.5 Å². The molecule has 104 valence electrons. The maximum absolute atomic E-state index is 10.9. The van der Waals surface area contributed by atoms with Crippen LogP contribution in [0.4, 0.5) is 5.69 Å². The fraction of sp³-hybridized carbons (Fsp3) is 0.200. The van der Waals surface area contributed by atoms with Crippen molar-refractivity contribution in [3.8, 4) is 0 Å². The van der Waals surface area contributed by atoms with Crippen molar-refractivity contribution in [3.05, 3.63) is 74.3 Å². The molecule has 5 heteroatoms. The second kappa shape index (κ2) is 6.50. The topological polar surface area (TPSA) is 55.2 Å². The summed E-state index contributed by atoms with van der Waals surface area (Å²) in [7, 11) is 0. The number of hydrogen-bond donors (Lipinski definition) is 1. The van der Waals surface area contributed by atoms with Crippen LogP contribution in [-0.4, -0.2) is 4.92 Å². The maximum Gasteiger partial charge on any atom is 0.273 e. The largest absolute Gasteiger partial charge is 0.308 e. The Morgan fingerprint density at radius 1 is 1.20 bits per heavy atom. The number of nitrogens with zero attached hydrogens (tertiary/aromatic N) is 1. The number of halogens is 1. The van der Waals surface area contributed by atoms with Gasteiger partial charge in [0.05, 0.1) is 4.92 Å². The highest BCUT2D eigenvalue weighted by molar-refractivity contribution is 6.30. The summed E-state index contributed by atoms with van der Waals surface area (Å²) in [4.78, 5) is 10.6. The molecular formula is C15H15ClN2O2. The first kappa shape index (κ1) is 14.5. The molecular weight excluding hydrogens is 276 g/mol. The first-order valence-corrected chi connectivity index (χ1v) is 6.63. The molecule has 0 saturated carbocycles. The average Bonchev–Trinajstić information content (AvgIpc) is 2.38. The molecule has 0 heterocycles. The fourth-order valence-electron chi connectivity index (χ4n) is 2.04. The quantitative estimate of drug-likeness (QED) is 0.672. The standard InChI is InChI=1S/C15H15ClN2O2/c1-11-3-2-4-12(7-11)9-17-10-13-8-14(16)5-6-15(13)18(19)20/h2-8,17H,9-10H2,1H3. The van der Waals surface area contributed by atoms with Crippen LogP contribution in [0.5, 0.6) is 0 Å². The molecule has 0 radical (unpaired) electrons. The van der Waals surface area contributed by atoms with Crippen LogP contribution in [0.2, 0.25) is 5.02 Å². The zero-order valence-electron chi connectivity index (χ0n) is 11.1. The Bertz CT molecular complexity index is 629. The lowest BCUT2D eigenvalue weighted by molar-refractivity contribution is -0.385. The lowest BCUT2D eigenvalue weighted by Gasteiger charge is -2.07. The molecule has 0 aliphatic heterocycles. The number of aryl methyl sites for hydroxylation is 1. The molecule has 4 nitrogen and oxygen atoms in total. The summed E-state index contributed by atoms with van der Waals surface area (Å²) in [5.74, 6) is 0. The van der Waals surface area contributed by atoms with Crippen LogP contribution in [0.3, 0.4) is 0 Å². The van der Waals surface area contributed by atoms with Gasteiger partial charge in [0.25, 0.3) is 5.69 Å². The van der Waals surface area contributed by atoms with Crippen molar-refractivity contribution in [1.29, 1.82) is 0 Å². The van der Waals surface area contributed by atoms with Crippen LogP contribution in [0, 0.1) is 17.0 Å². The van der Waals surface area contributed by atoms with Gasteiger partial charge in [0.15, 0.2) is 0 Å². The summed E-state index contributed by atoms with van der Waals surface area (Å²) < 4.78 is 0. The van der Waals surface area contributed by atoms with Crippen molar-refractivity contribution in [3.63, 3.8) is 0 Å². The normalized spacial score (nSPS) is 10.5. The van der Waals surface area contributed by atoms with E-state index in [4.69, 9.17) is 11.6 Å². The smallest absolute Gasteiger partial charge is 0.273 e. The van der Waals surface area contributed by atoms with E-state index in [-0.39, 0.29) is 10.6 Å². The Balaban J connectivity index is 2.04. The van der Waals surface area contributed by atoms with Gasteiger partial charge in [-0.3, -0.25) is 10.1 Å². The van der Waals surface area contributed by atoms with E-state index in [1.54, 1.807) is 6.07 Å². The molecule has 0 fully saturated rings. The van der Waals surface area contributed by atoms with Gasteiger partial charge in [0.1, 0.15) is 0 Å². The number of nitro benzene ring substituents is 1. The van der Waals surface area contributed by atoms with Crippen LogP contribution < -0.4 is 5.32 Å². The summed E-state index contributed by atoms with van der Waals surface area (Å²) in [5.41, 5.74) is 3.02. The Labute approximate surface area is 122 Å². The SMILES string of the molecule is Cc1cccc(CNCc2cc(Cl)ccc2[N+](=O)[O-])c1. The van der Waals surface area contributed by atoms with Crippen LogP contribution >= 0.6 is 11.6 Å². The third-order valence-corrected chi connectivity index (χ3v) is 3.20. The van der Waals surface area contributed by atoms with E-state index in [2.05, 4.69) is 11.4 Å². The van der Waals surface area contributed by atoms with Crippen LogP contribution in [0.1, 0.15) is 16.7 Å². The summed E-state index contributed by atoms with van der Waals surface area (Å²) in [6.45, 7) is 3.10. The number of rotatable bonds is 5. The third kappa shape index (κ3) is 3.79. The summed E-state index contributed by atoms with van der Waals surface area (Å²) in [5, 5.41) is 14.7. The fourth-order valence-corrected chi connectivity index (χ4v) is 2.23. The van der Waals surface area contributed by atoms with Crippen molar-refractivity contribution in [2.45, 2.75) is 20.0 Å². The van der Waals surface area contributed by atoms with Gasteiger partial charge in [-0.2, -0.15) is 0 Å². The van der Waals surface area contributed by atoms with E-state index in [1.165, 1.54) is 17.7 Å². The van der Waals surface area contributed by atoms with Gasteiger partial charge in [-0.25, -0.2) is 0 Å². The molecule has 2 aromatic rings. The highest BCUT2D eigenvalue weighted by Gasteiger charge is 2.13. The lowest BCUT2D eigenvalue weighted by Crippen LogP contribution is -2.14. The Morgan fingerprint density at radius 2 is 2.00 bits per heavy atom. The molecule has 0 aliphatic rings. The van der Waals surface area contributed by atoms with E-state index in [0.29, 0.717) is 23.7 Å². The summed E-state index contributed by atoms with van der Waals surface area (Å²) >= 11 is 5.89. The molecule has 2 rings (SSSR count). The number of benzene rings is 2. The molecule has 1 N–H and O–H groups in total. The highest BCUT2D eigenvalue weighted by Crippen LogP contribution is 2.22. The van der Waals surface area contributed by atoms with E-state index < -0.39 is 0 Å². The van der Waals surface area contributed by atoms with E-state index in [9.17, 15) is 10.1 Å². The first-order valence-electron chi connectivity index (χ1n) is 6.25. The first-order chi connectivity index (χ1) is 9.56. The minimum absolute atomic E-state index is 0.0890. The zero-order chi connectivity index (χ0) is 14.5. The molecule has 0 spiro atoms. The number of hydrogen-bond acceptors (Lipinski definition) is 3. The minimum atomic E-state index is -0.389. The predicted octanol–water partition coefficient (Wildman–Crippen LogP) is 3.85. The van der Waals surface area contributed by atoms with Crippen molar-refractivity contribution < 1.29 is 4.92 Å². The molecule has 0 aromatic heterocycles. The van der Waals surface area contributed by atoms with E-state index in [0.717, 1.165) is 5.56 Å². The predicted molar refractivity (Wildman–Crippen MR) is 79.8 cm³/mol. The molecule has 20 heavy (non-hydrogen) atoms. The van der Waals surface area contributed by atoms with Gasteiger partial charge < -0.3 is 5.32 Å². The molecule has 2 aromatic carbocycles. The molecule has 0 unspecified atom stereocenters. The second-order valence-electron chi connectivity index (χ2n) is 4.62. The van der Waals surface area contributed by atoms with Gasteiger partial charge in [-0.1, -0.05) is 41.4 Å². The average molecular weight is 291 g/mol. The molecule has 0 aliphatic carbocycles. The van der Waals surface area contributed by atoms with Gasteiger partial charge in [-0.05, 0) is 24.6 Å². The van der Waals surface area contributed by atoms with Crippen LogP contribution in [-0.2, 0) is 13.1 Å². The van der Waals surface area contributed by atoms with Crippen molar-refractivity contribution in [1.82, 2.24) is 5.32 Å². The van der Waals surface area contributed by atoms with E-state index in [1.807, 2.05) is 25.1 Å². The molecule has 0 bridgehead atoms. The van der Waals surface area contributed by atoms with Gasteiger partial charge in [-0.15, -0.1) is 0 Å². The highest BCUT2D eigenvalue weighted by atomic mass is 35.5. The van der Waals surface area contributed by atoms with Crippen molar-refractivity contribution >= 4 is 17.3 Å². The summed E-state index contributed by atoms with van der Waals surface area (Å²) in [6.07, 6.45) is 0. The van der Waals surface area contributed by atoms with Crippen molar-refractivity contribution in [2.75, 3.05) is 0 Å². The van der Waals surface area contributed by atoms with Gasteiger partial charge in [0.2, 0.25) is 0 Å². The lowest BCUT2D eigenvalue weighted by atomic mass is 10.1. The van der Waals surface area contributed by atoms with Crippen LogP contribution in [0.25, 0.3) is 0 Å². The molecule has 0 saturated heterocycles. The number of nitrogens with one attached hydrogen (secondary N) is 1. The second-order valence-corrected chi connectivity index (χ2v) is 5.06. The van der Waals surface area contributed by atoms with Crippen molar-refractivity contribution in [2.24, 2.45) is 0 Å². The maximum atomic E-state index is 10.9. The molecule has 0 amide bonds. The van der Waals surface area contributed by atoms with Gasteiger partial charge >= 0.3 is 0 Å². The summed E-state index contributed by atoms with van der Waals surface area (Å²) in [6, 6.07) is 12.7. The minimum Gasteiger partial charge on any atom is -0.308 e. The Morgan fingerprint density at radius 3 is 2.70 bits per heavy atom.